The van der Waals surface area contributed by atoms with E-state index in [2.05, 4.69) is 9.55 Å². The molecule has 0 aliphatic carbocycles. The van der Waals surface area contributed by atoms with Crippen LogP contribution in [0.2, 0.25) is 0 Å². The van der Waals surface area contributed by atoms with Crippen LogP contribution in [0.5, 0.6) is 5.75 Å². The maximum absolute atomic E-state index is 11.2. The number of aliphatic carboxylic acids is 1. The van der Waals surface area contributed by atoms with Gasteiger partial charge in [0, 0.05) is 35.5 Å². The van der Waals surface area contributed by atoms with Gasteiger partial charge in [0.25, 0.3) is 0 Å². The maximum atomic E-state index is 11.2. The van der Waals surface area contributed by atoms with Crippen molar-refractivity contribution in [1.29, 1.82) is 0 Å². The molecule has 5 heteroatoms. The van der Waals surface area contributed by atoms with E-state index in [9.17, 15) is 9.90 Å². The van der Waals surface area contributed by atoms with Gasteiger partial charge >= 0.3 is 5.97 Å². The van der Waals surface area contributed by atoms with Gasteiger partial charge in [-0.2, -0.15) is 0 Å². The summed E-state index contributed by atoms with van der Waals surface area (Å²) in [5.74, 6) is -0.112. The average Bonchev–Trinajstić information content (AvgIpc) is 2.80. The number of fused-ring (bicyclic) bond motifs is 1. The third-order valence-corrected chi connectivity index (χ3v) is 4.05. The Balaban J connectivity index is 2.17. The van der Waals surface area contributed by atoms with Crippen molar-refractivity contribution in [1.82, 2.24) is 9.55 Å². The minimum Gasteiger partial charge on any atom is -0.497 e. The largest absolute Gasteiger partial charge is 0.497 e. The minimum atomic E-state index is -0.837. The quantitative estimate of drug-likeness (QED) is 0.786. The lowest BCUT2D eigenvalue weighted by Crippen LogP contribution is -2.05. The van der Waals surface area contributed by atoms with E-state index in [1.54, 1.807) is 13.3 Å². The minimum absolute atomic E-state index is 0.00442. The van der Waals surface area contributed by atoms with Crippen LogP contribution in [0.25, 0.3) is 10.9 Å². The number of hydrogen-bond acceptors (Lipinski definition) is 3. The van der Waals surface area contributed by atoms with Crippen molar-refractivity contribution in [3.05, 3.63) is 59.5 Å². The van der Waals surface area contributed by atoms with Crippen LogP contribution >= 0.6 is 0 Å². The van der Waals surface area contributed by atoms with E-state index >= 15 is 0 Å². The zero-order chi connectivity index (χ0) is 16.4. The van der Waals surface area contributed by atoms with E-state index in [1.807, 2.05) is 43.5 Å². The zero-order valence-electron chi connectivity index (χ0n) is 13.1. The van der Waals surface area contributed by atoms with E-state index in [0.29, 0.717) is 6.54 Å². The van der Waals surface area contributed by atoms with Crippen LogP contribution in [-0.2, 0) is 17.8 Å². The normalized spacial score (nSPS) is 10.9. The molecule has 0 spiro atoms. The molecule has 0 atom stereocenters. The second kappa shape index (κ2) is 6.12. The zero-order valence-corrected chi connectivity index (χ0v) is 13.1. The first-order valence-corrected chi connectivity index (χ1v) is 7.36. The number of ether oxygens (including phenoxy) is 1. The van der Waals surface area contributed by atoms with Crippen molar-refractivity contribution in [3.8, 4) is 5.75 Å². The van der Waals surface area contributed by atoms with Crippen LogP contribution in [0.1, 0.15) is 16.8 Å². The molecule has 0 unspecified atom stereocenters. The van der Waals surface area contributed by atoms with Crippen LogP contribution < -0.4 is 4.74 Å². The Hall–Kier alpha value is -2.82. The lowest BCUT2D eigenvalue weighted by atomic mass is 10.1. The lowest BCUT2D eigenvalue weighted by molar-refractivity contribution is -0.136. The lowest BCUT2D eigenvalue weighted by Gasteiger charge is -2.09. The van der Waals surface area contributed by atoms with E-state index in [0.717, 1.165) is 33.5 Å². The number of nitrogens with zero attached hydrogens (tertiary/aromatic N) is 2. The standard InChI is InChI=1S/C18H18N2O3/c1-12-15(9-18(21)22)16-8-14(23-2)5-6-17(16)20(12)11-13-4-3-7-19-10-13/h3-8,10H,9,11H2,1-2H3,(H,21,22). The number of pyridine rings is 1. The van der Waals surface area contributed by atoms with Gasteiger partial charge in [-0.25, -0.2) is 0 Å². The molecule has 0 radical (unpaired) electrons. The summed E-state index contributed by atoms with van der Waals surface area (Å²) in [6.07, 6.45) is 3.56. The maximum Gasteiger partial charge on any atom is 0.307 e. The van der Waals surface area contributed by atoms with Crippen molar-refractivity contribution < 1.29 is 14.6 Å². The van der Waals surface area contributed by atoms with Gasteiger partial charge < -0.3 is 14.4 Å². The molecule has 0 saturated carbocycles. The molecule has 1 N–H and O–H groups in total. The van der Waals surface area contributed by atoms with Gasteiger partial charge in [0.05, 0.1) is 13.5 Å². The molecule has 0 saturated heterocycles. The van der Waals surface area contributed by atoms with E-state index < -0.39 is 5.97 Å². The molecule has 2 heterocycles. The fraction of sp³-hybridized carbons (Fsp3) is 0.222. The van der Waals surface area contributed by atoms with Crippen molar-refractivity contribution in [2.75, 3.05) is 7.11 Å². The Morgan fingerprint density at radius 1 is 1.35 bits per heavy atom. The van der Waals surface area contributed by atoms with Crippen LogP contribution in [-0.4, -0.2) is 27.7 Å². The van der Waals surface area contributed by atoms with E-state index in [4.69, 9.17) is 4.74 Å². The molecule has 0 fully saturated rings. The molecule has 3 aromatic rings. The number of benzene rings is 1. The molecule has 3 rings (SSSR count). The van der Waals surface area contributed by atoms with Gasteiger partial charge in [0.15, 0.2) is 0 Å². The number of carboxylic acid groups (broad SMARTS) is 1. The first-order valence-electron chi connectivity index (χ1n) is 7.36. The average molecular weight is 310 g/mol. The molecule has 23 heavy (non-hydrogen) atoms. The Bertz CT molecular complexity index is 854. The third-order valence-electron chi connectivity index (χ3n) is 4.05. The van der Waals surface area contributed by atoms with Gasteiger partial charge in [-0.05, 0) is 42.3 Å². The van der Waals surface area contributed by atoms with Gasteiger partial charge in [0.2, 0.25) is 0 Å². The van der Waals surface area contributed by atoms with Crippen LogP contribution in [0.15, 0.2) is 42.7 Å². The van der Waals surface area contributed by atoms with Crippen molar-refractivity contribution in [3.63, 3.8) is 0 Å². The fourth-order valence-electron chi connectivity index (χ4n) is 2.91. The first kappa shape index (κ1) is 15.1. The highest BCUT2D eigenvalue weighted by molar-refractivity contribution is 5.90. The summed E-state index contributed by atoms with van der Waals surface area (Å²) in [5.41, 5.74) is 3.86. The van der Waals surface area contributed by atoms with Gasteiger partial charge in [-0.1, -0.05) is 6.07 Å². The van der Waals surface area contributed by atoms with Crippen molar-refractivity contribution in [2.45, 2.75) is 19.9 Å². The highest BCUT2D eigenvalue weighted by atomic mass is 16.5. The molecule has 0 bridgehead atoms. The number of carboxylic acids is 1. The first-order chi connectivity index (χ1) is 11.1. The van der Waals surface area contributed by atoms with Gasteiger partial charge in [-0.15, -0.1) is 0 Å². The Morgan fingerprint density at radius 3 is 2.83 bits per heavy atom. The van der Waals surface area contributed by atoms with Crippen LogP contribution in [0, 0.1) is 6.92 Å². The van der Waals surface area contributed by atoms with Crippen molar-refractivity contribution >= 4 is 16.9 Å². The molecule has 0 aliphatic rings. The molecule has 0 amide bonds. The van der Waals surface area contributed by atoms with E-state index in [-0.39, 0.29) is 6.42 Å². The molecule has 118 valence electrons. The van der Waals surface area contributed by atoms with Crippen LogP contribution in [0.4, 0.5) is 0 Å². The molecular formula is C18H18N2O3. The Kier molecular flexibility index (Phi) is 4.02. The summed E-state index contributed by atoms with van der Waals surface area (Å²) < 4.78 is 7.41. The topological polar surface area (TPSA) is 64.3 Å². The summed E-state index contributed by atoms with van der Waals surface area (Å²) in [5, 5.41) is 10.2. The molecular weight excluding hydrogens is 292 g/mol. The summed E-state index contributed by atoms with van der Waals surface area (Å²) in [4.78, 5) is 15.4. The third kappa shape index (κ3) is 2.90. The van der Waals surface area contributed by atoms with E-state index in [1.165, 1.54) is 0 Å². The van der Waals surface area contributed by atoms with Crippen LogP contribution in [0.3, 0.4) is 0 Å². The van der Waals surface area contributed by atoms with Gasteiger partial charge in [-0.3, -0.25) is 9.78 Å². The summed E-state index contributed by atoms with van der Waals surface area (Å²) in [6, 6.07) is 9.69. The molecule has 5 nitrogen and oxygen atoms in total. The second-order valence-electron chi connectivity index (χ2n) is 5.46. The Labute approximate surface area is 134 Å². The monoisotopic (exact) mass is 310 g/mol. The van der Waals surface area contributed by atoms with Crippen molar-refractivity contribution in [2.24, 2.45) is 0 Å². The number of carbonyl (C=O) groups is 1. The highest BCUT2D eigenvalue weighted by Gasteiger charge is 2.17. The SMILES string of the molecule is COc1ccc2c(c1)c(CC(=O)O)c(C)n2Cc1cccnc1. The molecule has 2 aromatic heterocycles. The summed E-state index contributed by atoms with van der Waals surface area (Å²) >= 11 is 0. The summed E-state index contributed by atoms with van der Waals surface area (Å²) in [7, 11) is 1.61. The Morgan fingerprint density at radius 2 is 2.17 bits per heavy atom. The summed E-state index contributed by atoms with van der Waals surface area (Å²) in [6.45, 7) is 2.61. The smallest absolute Gasteiger partial charge is 0.307 e. The van der Waals surface area contributed by atoms with Gasteiger partial charge in [0.1, 0.15) is 5.75 Å². The molecule has 1 aromatic carbocycles. The molecule has 0 aliphatic heterocycles. The second-order valence-corrected chi connectivity index (χ2v) is 5.46. The predicted octanol–water partition coefficient (Wildman–Crippen LogP) is 3.03. The predicted molar refractivity (Wildman–Crippen MR) is 87.9 cm³/mol. The fourth-order valence-corrected chi connectivity index (χ4v) is 2.91. The number of hydrogen-bond donors (Lipinski definition) is 1. The highest BCUT2D eigenvalue weighted by Crippen LogP contribution is 2.30. The number of aromatic nitrogens is 2. The number of methoxy groups -OCH3 is 1. The number of rotatable bonds is 5.